The third-order valence-electron chi connectivity index (χ3n) is 2.38. The number of hydrogen-bond acceptors (Lipinski definition) is 6. The Morgan fingerprint density at radius 1 is 1.33 bits per heavy atom. The molecular weight excluding hydrogens is 360 g/mol. The van der Waals surface area contributed by atoms with Crippen LogP contribution in [-0.2, 0) is 9.53 Å². The molecule has 6 nitrogen and oxygen atoms in total. The zero-order chi connectivity index (χ0) is 15.2. The maximum absolute atomic E-state index is 11.7. The summed E-state index contributed by atoms with van der Waals surface area (Å²) in [6, 6.07) is 6.42. The zero-order valence-electron chi connectivity index (χ0n) is 11.0. The number of aromatic nitrogens is 1. The van der Waals surface area contributed by atoms with Crippen molar-refractivity contribution in [3.8, 4) is 5.75 Å². The van der Waals surface area contributed by atoms with Gasteiger partial charge in [0.1, 0.15) is 5.75 Å². The summed E-state index contributed by atoms with van der Waals surface area (Å²) in [5.41, 5.74) is 0.348. The van der Waals surface area contributed by atoms with Gasteiger partial charge >= 0.3 is 5.97 Å². The summed E-state index contributed by atoms with van der Waals surface area (Å²) in [4.78, 5) is 27.3. The van der Waals surface area contributed by atoms with Gasteiger partial charge < -0.3 is 9.47 Å². The van der Waals surface area contributed by atoms with E-state index in [9.17, 15) is 9.59 Å². The number of thiazole rings is 1. The number of rotatable bonds is 5. The molecule has 2 aromatic rings. The van der Waals surface area contributed by atoms with Gasteiger partial charge in [0.25, 0.3) is 5.91 Å². The highest BCUT2D eigenvalue weighted by molar-refractivity contribution is 9.11. The molecule has 0 fully saturated rings. The number of nitrogens with zero attached hydrogens (tertiary/aromatic N) is 1. The molecule has 0 bridgehead atoms. The van der Waals surface area contributed by atoms with Crippen LogP contribution in [-0.4, -0.2) is 30.6 Å². The van der Waals surface area contributed by atoms with Gasteiger partial charge in [-0.05, 0) is 40.2 Å². The number of carbonyl (C=O) groups excluding carboxylic acids is 2. The molecule has 1 N–H and O–H groups in total. The fourth-order valence-electron chi connectivity index (χ4n) is 1.41. The topological polar surface area (TPSA) is 77.5 Å². The molecule has 110 valence electrons. The predicted octanol–water partition coefficient (Wildman–Crippen LogP) is 2.71. The number of halogens is 1. The molecule has 1 aromatic carbocycles. The van der Waals surface area contributed by atoms with Gasteiger partial charge in [0.2, 0.25) is 0 Å². The van der Waals surface area contributed by atoms with Crippen LogP contribution in [0, 0.1) is 0 Å². The van der Waals surface area contributed by atoms with E-state index in [0.29, 0.717) is 16.4 Å². The van der Waals surface area contributed by atoms with E-state index < -0.39 is 11.9 Å². The van der Waals surface area contributed by atoms with Crippen LogP contribution in [0.25, 0.3) is 0 Å². The van der Waals surface area contributed by atoms with Crippen molar-refractivity contribution in [1.29, 1.82) is 0 Å². The van der Waals surface area contributed by atoms with Crippen LogP contribution < -0.4 is 10.1 Å². The van der Waals surface area contributed by atoms with Gasteiger partial charge in [-0.15, -0.1) is 0 Å². The van der Waals surface area contributed by atoms with E-state index in [4.69, 9.17) is 9.47 Å². The number of benzene rings is 1. The summed E-state index contributed by atoms with van der Waals surface area (Å²) >= 11 is 4.51. The highest BCUT2D eigenvalue weighted by atomic mass is 79.9. The Morgan fingerprint density at radius 2 is 2.05 bits per heavy atom. The van der Waals surface area contributed by atoms with Crippen LogP contribution in [0.5, 0.6) is 5.75 Å². The number of esters is 1. The fourth-order valence-corrected chi connectivity index (χ4v) is 2.53. The molecule has 0 unspecified atom stereocenters. The Hall–Kier alpha value is -1.93. The minimum atomic E-state index is -0.576. The van der Waals surface area contributed by atoms with Crippen LogP contribution in [0.15, 0.2) is 34.2 Å². The molecule has 1 aromatic heterocycles. The summed E-state index contributed by atoms with van der Waals surface area (Å²) in [5.74, 6) is -0.384. The second-order valence-corrected chi connectivity index (χ2v) is 6.23. The molecule has 0 aliphatic heterocycles. The van der Waals surface area contributed by atoms with E-state index >= 15 is 0 Å². The Labute approximate surface area is 133 Å². The minimum absolute atomic E-state index is 0.348. The predicted molar refractivity (Wildman–Crippen MR) is 81.7 cm³/mol. The van der Waals surface area contributed by atoms with Crippen LogP contribution in [0.2, 0.25) is 0 Å². The Balaban J connectivity index is 1.83. The quantitative estimate of drug-likeness (QED) is 0.818. The lowest BCUT2D eigenvalue weighted by molar-refractivity contribution is -0.119. The average molecular weight is 371 g/mol. The largest absolute Gasteiger partial charge is 0.497 e. The number of ether oxygens (including phenoxy) is 2. The van der Waals surface area contributed by atoms with Crippen LogP contribution >= 0.6 is 27.3 Å². The van der Waals surface area contributed by atoms with Crippen molar-refractivity contribution in [3.05, 3.63) is 39.8 Å². The van der Waals surface area contributed by atoms with E-state index in [-0.39, 0.29) is 6.61 Å². The first-order valence-electron chi connectivity index (χ1n) is 5.81. The minimum Gasteiger partial charge on any atom is -0.497 e. The Bertz CT molecular complexity index is 642. The Kier molecular flexibility index (Phi) is 5.29. The van der Waals surface area contributed by atoms with Crippen molar-refractivity contribution < 1.29 is 19.1 Å². The van der Waals surface area contributed by atoms with Gasteiger partial charge in [0.15, 0.2) is 11.7 Å². The van der Waals surface area contributed by atoms with Crippen molar-refractivity contribution in [2.45, 2.75) is 0 Å². The SMILES string of the molecule is COc1ccc(C(=O)OCC(=O)Nc2ncc(Br)s2)cc1. The molecule has 0 aliphatic carbocycles. The van der Waals surface area contributed by atoms with Gasteiger partial charge in [-0.1, -0.05) is 11.3 Å². The number of amides is 1. The van der Waals surface area contributed by atoms with Gasteiger partial charge in [-0.25, -0.2) is 9.78 Å². The van der Waals surface area contributed by atoms with Gasteiger partial charge in [-0.3, -0.25) is 10.1 Å². The molecule has 21 heavy (non-hydrogen) atoms. The number of nitrogens with one attached hydrogen (secondary N) is 1. The zero-order valence-corrected chi connectivity index (χ0v) is 13.4. The highest BCUT2D eigenvalue weighted by Crippen LogP contribution is 2.22. The molecule has 1 heterocycles. The Morgan fingerprint density at radius 3 is 2.62 bits per heavy atom. The normalized spacial score (nSPS) is 10.0. The first kappa shape index (κ1) is 15.5. The molecule has 0 aliphatic rings. The highest BCUT2D eigenvalue weighted by Gasteiger charge is 2.11. The number of hydrogen-bond donors (Lipinski definition) is 1. The average Bonchev–Trinajstić information content (AvgIpc) is 2.90. The molecule has 8 heteroatoms. The number of carbonyl (C=O) groups is 2. The smallest absolute Gasteiger partial charge is 0.338 e. The summed E-state index contributed by atoms with van der Waals surface area (Å²) in [7, 11) is 1.54. The van der Waals surface area contributed by atoms with Gasteiger partial charge in [0.05, 0.1) is 22.7 Å². The maximum atomic E-state index is 11.7. The van der Waals surface area contributed by atoms with E-state index in [1.165, 1.54) is 18.4 Å². The number of anilines is 1. The summed E-state index contributed by atoms with van der Waals surface area (Å²) in [6.45, 7) is -0.373. The molecule has 2 rings (SSSR count). The lowest BCUT2D eigenvalue weighted by Crippen LogP contribution is -2.20. The van der Waals surface area contributed by atoms with Crippen LogP contribution in [0.1, 0.15) is 10.4 Å². The monoisotopic (exact) mass is 370 g/mol. The number of methoxy groups -OCH3 is 1. The molecular formula is C13H11BrN2O4S. The first-order chi connectivity index (χ1) is 10.1. The molecule has 0 atom stereocenters. The summed E-state index contributed by atoms with van der Waals surface area (Å²) < 4.78 is 10.7. The second kappa shape index (κ2) is 7.19. The third-order valence-corrected chi connectivity index (χ3v) is 3.78. The molecule has 0 saturated heterocycles. The summed E-state index contributed by atoms with van der Waals surface area (Å²) in [6.07, 6.45) is 1.57. The molecule has 0 radical (unpaired) electrons. The lowest BCUT2D eigenvalue weighted by atomic mass is 10.2. The first-order valence-corrected chi connectivity index (χ1v) is 7.42. The van der Waals surface area contributed by atoms with Crippen molar-refractivity contribution in [1.82, 2.24) is 4.98 Å². The van der Waals surface area contributed by atoms with E-state index in [1.54, 1.807) is 30.5 Å². The molecule has 1 amide bonds. The lowest BCUT2D eigenvalue weighted by Gasteiger charge is -2.05. The third kappa shape index (κ3) is 4.54. The van der Waals surface area contributed by atoms with Crippen molar-refractivity contribution in [2.75, 3.05) is 19.0 Å². The van der Waals surface area contributed by atoms with E-state index in [2.05, 4.69) is 26.2 Å². The standard InChI is InChI=1S/C13H11BrN2O4S/c1-19-9-4-2-8(3-5-9)12(18)20-7-11(17)16-13-15-6-10(14)21-13/h2-6H,7H2,1H3,(H,15,16,17). The van der Waals surface area contributed by atoms with Crippen molar-refractivity contribution in [3.63, 3.8) is 0 Å². The van der Waals surface area contributed by atoms with Crippen LogP contribution in [0.3, 0.4) is 0 Å². The summed E-state index contributed by atoms with van der Waals surface area (Å²) in [5, 5.41) is 2.97. The molecule has 0 saturated carbocycles. The van der Waals surface area contributed by atoms with E-state index in [1.807, 2.05) is 0 Å². The van der Waals surface area contributed by atoms with E-state index in [0.717, 1.165) is 3.79 Å². The second-order valence-electron chi connectivity index (χ2n) is 3.82. The van der Waals surface area contributed by atoms with Crippen molar-refractivity contribution in [2.24, 2.45) is 0 Å². The van der Waals surface area contributed by atoms with Gasteiger partial charge in [0, 0.05) is 0 Å². The van der Waals surface area contributed by atoms with Gasteiger partial charge in [-0.2, -0.15) is 0 Å². The molecule has 0 spiro atoms. The van der Waals surface area contributed by atoms with Crippen LogP contribution in [0.4, 0.5) is 5.13 Å². The van der Waals surface area contributed by atoms with Crippen molar-refractivity contribution >= 4 is 44.3 Å². The maximum Gasteiger partial charge on any atom is 0.338 e. The fraction of sp³-hybridized carbons (Fsp3) is 0.154.